The average Bonchev–Trinajstić information content (AvgIpc) is 3.06. The second-order valence-electron chi connectivity index (χ2n) is 6.60. The molecule has 2 fully saturated rings. The molecule has 0 unspecified atom stereocenters. The van der Waals surface area contributed by atoms with Crippen LogP contribution in [0.3, 0.4) is 0 Å². The SMILES string of the molecule is CN(C[C@@H]1CCCN2CCCC[C@@H]12)C(=O)CCn1cnnn1. The molecule has 0 bridgehead atoms. The van der Waals surface area contributed by atoms with Gasteiger partial charge in [-0.05, 0) is 55.1 Å². The molecule has 2 aliphatic rings. The molecular formula is C15H26N6O. The van der Waals surface area contributed by atoms with E-state index in [0.717, 1.165) is 6.54 Å². The number of carbonyl (C=O) groups is 1. The van der Waals surface area contributed by atoms with Gasteiger partial charge in [0.05, 0.1) is 6.54 Å². The zero-order valence-electron chi connectivity index (χ0n) is 13.4. The maximum atomic E-state index is 12.3. The minimum atomic E-state index is 0.184. The van der Waals surface area contributed by atoms with Gasteiger partial charge in [0.2, 0.25) is 5.91 Å². The second kappa shape index (κ2) is 7.17. The highest BCUT2D eigenvalue weighted by Crippen LogP contribution is 2.31. The zero-order chi connectivity index (χ0) is 15.4. The smallest absolute Gasteiger partial charge is 0.224 e. The molecule has 2 aliphatic heterocycles. The van der Waals surface area contributed by atoms with E-state index < -0.39 is 0 Å². The van der Waals surface area contributed by atoms with Crippen molar-refractivity contribution in [1.29, 1.82) is 0 Å². The molecule has 3 heterocycles. The number of rotatable bonds is 5. The van der Waals surface area contributed by atoms with Crippen LogP contribution in [-0.4, -0.2) is 68.6 Å². The number of hydrogen-bond donors (Lipinski definition) is 0. The van der Waals surface area contributed by atoms with Gasteiger partial charge in [0.25, 0.3) is 0 Å². The van der Waals surface area contributed by atoms with Crippen LogP contribution in [0.25, 0.3) is 0 Å². The van der Waals surface area contributed by atoms with Gasteiger partial charge in [-0.15, -0.1) is 5.10 Å². The third-order valence-electron chi connectivity index (χ3n) is 5.11. The van der Waals surface area contributed by atoms with E-state index in [1.54, 1.807) is 11.0 Å². The van der Waals surface area contributed by atoms with Crippen LogP contribution in [-0.2, 0) is 11.3 Å². The van der Waals surface area contributed by atoms with Crippen molar-refractivity contribution < 1.29 is 4.79 Å². The van der Waals surface area contributed by atoms with Crippen molar-refractivity contribution >= 4 is 5.91 Å². The Morgan fingerprint density at radius 3 is 2.95 bits per heavy atom. The summed E-state index contributed by atoms with van der Waals surface area (Å²) in [6.07, 6.45) is 8.52. The van der Waals surface area contributed by atoms with Crippen molar-refractivity contribution in [3.8, 4) is 0 Å². The highest BCUT2D eigenvalue weighted by Gasteiger charge is 2.33. The quantitative estimate of drug-likeness (QED) is 0.804. The van der Waals surface area contributed by atoms with Gasteiger partial charge in [-0.2, -0.15) is 0 Å². The topological polar surface area (TPSA) is 67.2 Å². The molecule has 0 aromatic carbocycles. The van der Waals surface area contributed by atoms with Crippen LogP contribution < -0.4 is 0 Å². The lowest BCUT2D eigenvalue weighted by Gasteiger charge is -2.45. The Kier molecular flexibility index (Phi) is 5.02. The van der Waals surface area contributed by atoms with Crippen molar-refractivity contribution in [1.82, 2.24) is 30.0 Å². The van der Waals surface area contributed by atoms with E-state index >= 15 is 0 Å². The molecule has 0 aliphatic carbocycles. The van der Waals surface area contributed by atoms with E-state index in [4.69, 9.17) is 0 Å². The van der Waals surface area contributed by atoms with Gasteiger partial charge >= 0.3 is 0 Å². The molecule has 2 atom stereocenters. The van der Waals surface area contributed by atoms with Gasteiger partial charge in [-0.3, -0.25) is 4.79 Å². The van der Waals surface area contributed by atoms with Gasteiger partial charge in [-0.1, -0.05) is 6.42 Å². The lowest BCUT2D eigenvalue weighted by atomic mass is 9.83. The zero-order valence-corrected chi connectivity index (χ0v) is 13.4. The molecule has 1 aromatic rings. The molecule has 122 valence electrons. The fourth-order valence-electron chi connectivity index (χ4n) is 3.93. The maximum absolute atomic E-state index is 12.3. The Balaban J connectivity index is 1.49. The summed E-state index contributed by atoms with van der Waals surface area (Å²) in [6, 6.07) is 0.692. The summed E-state index contributed by atoms with van der Waals surface area (Å²) in [5.74, 6) is 0.819. The monoisotopic (exact) mass is 306 g/mol. The Morgan fingerprint density at radius 1 is 1.27 bits per heavy atom. The number of tetrazole rings is 1. The molecule has 1 aromatic heterocycles. The maximum Gasteiger partial charge on any atom is 0.224 e. The summed E-state index contributed by atoms with van der Waals surface area (Å²) < 4.78 is 1.61. The van der Waals surface area contributed by atoms with Crippen LogP contribution in [0.1, 0.15) is 38.5 Å². The first-order valence-corrected chi connectivity index (χ1v) is 8.43. The van der Waals surface area contributed by atoms with Crippen molar-refractivity contribution in [2.24, 2.45) is 5.92 Å². The lowest BCUT2D eigenvalue weighted by molar-refractivity contribution is -0.131. The number of fused-ring (bicyclic) bond motifs is 1. The highest BCUT2D eigenvalue weighted by molar-refractivity contribution is 5.75. The van der Waals surface area contributed by atoms with Gasteiger partial charge < -0.3 is 9.80 Å². The van der Waals surface area contributed by atoms with Crippen LogP contribution in [0, 0.1) is 5.92 Å². The van der Waals surface area contributed by atoms with Crippen LogP contribution in [0.2, 0.25) is 0 Å². The summed E-state index contributed by atoms with van der Waals surface area (Å²) in [6.45, 7) is 3.93. The van der Waals surface area contributed by atoms with Gasteiger partial charge in [-0.25, -0.2) is 4.68 Å². The summed E-state index contributed by atoms with van der Waals surface area (Å²) >= 11 is 0. The van der Waals surface area contributed by atoms with Crippen LogP contribution in [0.15, 0.2) is 6.33 Å². The molecule has 0 spiro atoms. The van der Waals surface area contributed by atoms with Crippen LogP contribution >= 0.6 is 0 Å². The number of nitrogens with zero attached hydrogens (tertiary/aromatic N) is 6. The standard InChI is InChI=1S/C15H26N6O/c1-19(15(22)7-10-21-12-16-17-18-21)11-13-5-4-9-20-8-3-2-6-14(13)20/h12-14H,2-11H2,1H3/t13-,14-/m0/s1. The number of piperidine rings is 2. The van der Waals surface area contributed by atoms with E-state index in [9.17, 15) is 4.79 Å². The Hall–Kier alpha value is -1.50. The first-order chi connectivity index (χ1) is 10.7. The van der Waals surface area contributed by atoms with Crippen LogP contribution in [0.4, 0.5) is 0 Å². The molecule has 7 heteroatoms. The Bertz CT molecular complexity index is 474. The normalized spacial score (nSPS) is 25.7. The van der Waals surface area contributed by atoms with Gasteiger partial charge in [0.15, 0.2) is 0 Å². The largest absolute Gasteiger partial charge is 0.345 e. The van der Waals surface area contributed by atoms with Crippen molar-refractivity contribution in [3.63, 3.8) is 0 Å². The summed E-state index contributed by atoms with van der Waals surface area (Å²) in [7, 11) is 1.93. The third kappa shape index (κ3) is 3.63. The van der Waals surface area contributed by atoms with E-state index in [2.05, 4.69) is 20.4 Å². The van der Waals surface area contributed by atoms with Crippen LogP contribution in [0.5, 0.6) is 0 Å². The minimum Gasteiger partial charge on any atom is -0.345 e. The van der Waals surface area contributed by atoms with E-state index in [0.29, 0.717) is 24.9 Å². The second-order valence-corrected chi connectivity index (χ2v) is 6.60. The summed E-state index contributed by atoms with van der Waals surface area (Å²) in [5.41, 5.74) is 0. The number of hydrogen-bond acceptors (Lipinski definition) is 5. The lowest BCUT2D eigenvalue weighted by Crippen LogP contribution is -2.51. The number of aryl methyl sites for hydroxylation is 1. The van der Waals surface area contributed by atoms with E-state index in [1.807, 2.05) is 11.9 Å². The minimum absolute atomic E-state index is 0.184. The molecule has 22 heavy (non-hydrogen) atoms. The fraction of sp³-hybridized carbons (Fsp3) is 0.867. The first-order valence-electron chi connectivity index (χ1n) is 8.43. The molecule has 0 saturated carbocycles. The van der Waals surface area contributed by atoms with Crippen molar-refractivity contribution in [3.05, 3.63) is 6.33 Å². The predicted octanol–water partition coefficient (Wildman–Crippen LogP) is 0.786. The van der Waals surface area contributed by atoms with E-state index in [-0.39, 0.29) is 5.91 Å². The number of aromatic nitrogens is 4. The Labute approximate surface area is 131 Å². The highest BCUT2D eigenvalue weighted by atomic mass is 16.2. The first kappa shape index (κ1) is 15.4. The third-order valence-corrected chi connectivity index (χ3v) is 5.11. The average molecular weight is 306 g/mol. The predicted molar refractivity (Wildman–Crippen MR) is 82.0 cm³/mol. The Morgan fingerprint density at radius 2 is 2.14 bits per heavy atom. The van der Waals surface area contributed by atoms with Gasteiger partial charge in [0, 0.05) is 26.1 Å². The molecule has 1 amide bonds. The van der Waals surface area contributed by atoms with E-state index in [1.165, 1.54) is 45.2 Å². The molecule has 0 radical (unpaired) electrons. The molecule has 3 rings (SSSR count). The van der Waals surface area contributed by atoms with Gasteiger partial charge in [0.1, 0.15) is 6.33 Å². The van der Waals surface area contributed by atoms with Crippen molar-refractivity contribution in [2.45, 2.75) is 51.1 Å². The number of amides is 1. The summed E-state index contributed by atoms with van der Waals surface area (Å²) in [4.78, 5) is 16.9. The van der Waals surface area contributed by atoms with Crippen molar-refractivity contribution in [2.75, 3.05) is 26.7 Å². The molecule has 7 nitrogen and oxygen atoms in total. The summed E-state index contributed by atoms with van der Waals surface area (Å²) in [5, 5.41) is 11.0. The molecule has 0 N–H and O–H groups in total. The molecule has 2 saturated heterocycles. The molecular weight excluding hydrogens is 280 g/mol. The fourth-order valence-corrected chi connectivity index (χ4v) is 3.93. The number of carbonyl (C=O) groups excluding carboxylic acids is 1.